The van der Waals surface area contributed by atoms with Crippen LogP contribution in [-0.2, 0) is 0 Å². The van der Waals surface area contributed by atoms with Crippen LogP contribution < -0.4 is 0 Å². The highest BCUT2D eigenvalue weighted by atomic mass is 16.3. The maximum absolute atomic E-state index is 10.6. The fourth-order valence-corrected chi connectivity index (χ4v) is 2.73. The van der Waals surface area contributed by atoms with Crippen molar-refractivity contribution in [3.05, 3.63) is 54.4 Å². The summed E-state index contributed by atoms with van der Waals surface area (Å²) in [6, 6.07) is 8.12. The number of nitrogens with zero attached hydrogens (tertiary/aromatic N) is 1. The summed E-state index contributed by atoms with van der Waals surface area (Å²) >= 11 is 0. The number of aromatic nitrogens is 1. The smallest absolute Gasteiger partial charge is 0.0842 e. The van der Waals surface area contributed by atoms with Crippen LogP contribution in [-0.4, -0.2) is 10.1 Å². The van der Waals surface area contributed by atoms with E-state index in [1.807, 2.05) is 30.6 Å². The Labute approximate surface area is 107 Å². The fourth-order valence-electron chi connectivity index (χ4n) is 2.73. The third-order valence-electron chi connectivity index (χ3n) is 3.77. The van der Waals surface area contributed by atoms with Gasteiger partial charge in [-0.3, -0.25) is 4.98 Å². The van der Waals surface area contributed by atoms with Gasteiger partial charge in [-0.2, -0.15) is 0 Å². The Bertz CT molecular complexity index is 571. The molecule has 1 aliphatic rings. The molecule has 0 amide bonds. The number of allylic oxidation sites excluding steroid dienone is 2. The molecule has 0 fully saturated rings. The fraction of sp³-hybridized carbons (Fsp3) is 0.312. The lowest BCUT2D eigenvalue weighted by atomic mass is 9.85. The first-order valence-electron chi connectivity index (χ1n) is 6.52. The highest BCUT2D eigenvalue weighted by molar-refractivity contribution is 5.84. The van der Waals surface area contributed by atoms with Crippen molar-refractivity contribution in [1.82, 2.24) is 4.98 Å². The molecule has 1 N–H and O–H groups in total. The minimum atomic E-state index is -0.409. The highest BCUT2D eigenvalue weighted by Crippen LogP contribution is 2.34. The molecule has 18 heavy (non-hydrogen) atoms. The van der Waals surface area contributed by atoms with Gasteiger partial charge in [-0.1, -0.05) is 36.4 Å². The molecule has 3 rings (SSSR count). The van der Waals surface area contributed by atoms with Gasteiger partial charge in [0, 0.05) is 23.3 Å². The van der Waals surface area contributed by atoms with E-state index < -0.39 is 6.10 Å². The van der Waals surface area contributed by atoms with Gasteiger partial charge in [-0.15, -0.1) is 0 Å². The lowest BCUT2D eigenvalue weighted by Crippen LogP contribution is -2.14. The molecule has 0 spiro atoms. The van der Waals surface area contributed by atoms with E-state index in [2.05, 4.69) is 23.2 Å². The third-order valence-corrected chi connectivity index (χ3v) is 3.77. The van der Waals surface area contributed by atoms with Gasteiger partial charge in [0.1, 0.15) is 0 Å². The van der Waals surface area contributed by atoms with Crippen molar-refractivity contribution in [3.8, 4) is 0 Å². The number of hydrogen-bond donors (Lipinski definition) is 1. The molecule has 1 aliphatic carbocycles. The number of aliphatic hydroxyl groups excluding tert-OH is 1. The molecule has 1 heterocycles. The topological polar surface area (TPSA) is 33.1 Å². The van der Waals surface area contributed by atoms with Gasteiger partial charge in [0.2, 0.25) is 0 Å². The van der Waals surface area contributed by atoms with E-state index in [1.165, 1.54) is 0 Å². The van der Waals surface area contributed by atoms with Crippen molar-refractivity contribution in [2.75, 3.05) is 0 Å². The summed E-state index contributed by atoms with van der Waals surface area (Å²) in [5, 5.41) is 12.8. The molecule has 0 aliphatic heterocycles. The molecule has 2 heteroatoms. The standard InChI is InChI=1S/C16H17NO/c18-16(12-6-2-1-3-7-12)15-11-17-10-13-8-4-5-9-14(13)15/h1-2,4-5,8-12,16,18H,3,6-7H2. The zero-order chi connectivity index (χ0) is 12.4. The maximum Gasteiger partial charge on any atom is 0.0842 e. The summed E-state index contributed by atoms with van der Waals surface area (Å²) in [7, 11) is 0. The molecule has 0 bridgehead atoms. The Morgan fingerprint density at radius 3 is 2.89 bits per heavy atom. The van der Waals surface area contributed by atoms with Crippen molar-refractivity contribution in [2.45, 2.75) is 25.4 Å². The van der Waals surface area contributed by atoms with E-state index in [4.69, 9.17) is 0 Å². The monoisotopic (exact) mass is 239 g/mol. The predicted octanol–water partition coefficient (Wildman–Crippen LogP) is 3.62. The first kappa shape index (κ1) is 11.4. The summed E-state index contributed by atoms with van der Waals surface area (Å²) in [6.45, 7) is 0. The summed E-state index contributed by atoms with van der Waals surface area (Å²) in [6.07, 6.45) is 10.7. The van der Waals surface area contributed by atoms with Gasteiger partial charge in [-0.05, 0) is 30.6 Å². The summed E-state index contributed by atoms with van der Waals surface area (Å²) < 4.78 is 0. The lowest BCUT2D eigenvalue weighted by Gasteiger charge is -2.24. The van der Waals surface area contributed by atoms with Crippen molar-refractivity contribution in [2.24, 2.45) is 5.92 Å². The van der Waals surface area contributed by atoms with Crippen LogP contribution >= 0.6 is 0 Å². The van der Waals surface area contributed by atoms with Gasteiger partial charge >= 0.3 is 0 Å². The van der Waals surface area contributed by atoms with E-state index in [0.717, 1.165) is 35.6 Å². The molecule has 0 saturated carbocycles. The number of benzene rings is 1. The van der Waals surface area contributed by atoms with Gasteiger partial charge < -0.3 is 5.11 Å². The second-order valence-corrected chi connectivity index (χ2v) is 4.94. The van der Waals surface area contributed by atoms with E-state index in [1.54, 1.807) is 0 Å². The minimum Gasteiger partial charge on any atom is -0.388 e. The van der Waals surface area contributed by atoms with Crippen molar-refractivity contribution >= 4 is 10.8 Å². The Kier molecular flexibility index (Phi) is 3.11. The van der Waals surface area contributed by atoms with Gasteiger partial charge in [0.15, 0.2) is 0 Å². The molecule has 92 valence electrons. The molecule has 0 saturated heterocycles. The van der Waals surface area contributed by atoms with Gasteiger partial charge in [0.05, 0.1) is 6.10 Å². The number of pyridine rings is 1. The molecule has 0 radical (unpaired) electrons. The van der Waals surface area contributed by atoms with Crippen LogP contribution in [0.2, 0.25) is 0 Å². The van der Waals surface area contributed by atoms with E-state index in [0.29, 0.717) is 5.92 Å². The SMILES string of the molecule is OC(c1cncc2ccccc12)C1CC=CCC1. The number of rotatable bonds is 2. The van der Waals surface area contributed by atoms with Crippen LogP contribution in [0.15, 0.2) is 48.8 Å². The zero-order valence-electron chi connectivity index (χ0n) is 10.3. The minimum absolute atomic E-state index is 0.322. The quantitative estimate of drug-likeness (QED) is 0.812. The van der Waals surface area contributed by atoms with Crippen LogP contribution in [0.25, 0.3) is 10.8 Å². The number of aliphatic hydroxyl groups is 1. The Balaban J connectivity index is 2.00. The molecule has 2 aromatic rings. The van der Waals surface area contributed by atoms with Crippen LogP contribution in [0, 0.1) is 5.92 Å². The summed E-state index contributed by atoms with van der Waals surface area (Å²) in [4.78, 5) is 4.25. The average Bonchev–Trinajstić information content (AvgIpc) is 2.47. The molecule has 2 atom stereocenters. The van der Waals surface area contributed by atoms with Crippen molar-refractivity contribution in [3.63, 3.8) is 0 Å². The first-order chi connectivity index (χ1) is 8.86. The Morgan fingerprint density at radius 2 is 2.06 bits per heavy atom. The van der Waals surface area contributed by atoms with E-state index in [9.17, 15) is 5.11 Å². The highest BCUT2D eigenvalue weighted by Gasteiger charge is 2.22. The molecule has 2 nitrogen and oxygen atoms in total. The summed E-state index contributed by atoms with van der Waals surface area (Å²) in [5.41, 5.74) is 0.966. The Morgan fingerprint density at radius 1 is 1.17 bits per heavy atom. The normalized spacial score (nSPS) is 21.1. The third kappa shape index (κ3) is 2.04. The van der Waals surface area contributed by atoms with Gasteiger partial charge in [0.25, 0.3) is 0 Å². The molecule has 2 unspecified atom stereocenters. The number of fused-ring (bicyclic) bond motifs is 1. The maximum atomic E-state index is 10.6. The van der Waals surface area contributed by atoms with Crippen LogP contribution in [0.3, 0.4) is 0 Å². The largest absolute Gasteiger partial charge is 0.388 e. The number of hydrogen-bond acceptors (Lipinski definition) is 2. The second kappa shape index (κ2) is 4.91. The second-order valence-electron chi connectivity index (χ2n) is 4.94. The van der Waals surface area contributed by atoms with Gasteiger partial charge in [-0.25, -0.2) is 0 Å². The van der Waals surface area contributed by atoms with E-state index >= 15 is 0 Å². The average molecular weight is 239 g/mol. The summed E-state index contributed by atoms with van der Waals surface area (Å²) in [5.74, 6) is 0.322. The lowest BCUT2D eigenvalue weighted by molar-refractivity contribution is 0.103. The Hall–Kier alpha value is -1.67. The molecular weight excluding hydrogens is 222 g/mol. The van der Waals surface area contributed by atoms with E-state index in [-0.39, 0.29) is 0 Å². The first-order valence-corrected chi connectivity index (χ1v) is 6.52. The van der Waals surface area contributed by atoms with Crippen molar-refractivity contribution < 1.29 is 5.11 Å². The molecular formula is C16H17NO. The predicted molar refractivity (Wildman–Crippen MR) is 73.2 cm³/mol. The van der Waals surface area contributed by atoms with Crippen LogP contribution in [0.1, 0.15) is 30.9 Å². The molecule has 1 aromatic carbocycles. The zero-order valence-corrected chi connectivity index (χ0v) is 10.3. The van der Waals surface area contributed by atoms with Crippen LogP contribution in [0.4, 0.5) is 0 Å². The molecule has 1 aromatic heterocycles. The van der Waals surface area contributed by atoms with Crippen molar-refractivity contribution in [1.29, 1.82) is 0 Å². The van der Waals surface area contributed by atoms with Crippen LogP contribution in [0.5, 0.6) is 0 Å².